The van der Waals surface area contributed by atoms with Crippen molar-refractivity contribution in [3.63, 3.8) is 0 Å². The first kappa shape index (κ1) is 14.8. The van der Waals surface area contributed by atoms with Gasteiger partial charge in [-0.1, -0.05) is 60.7 Å². The molecule has 0 bridgehead atoms. The molecule has 3 N–H and O–H groups in total. The highest BCUT2D eigenvalue weighted by molar-refractivity contribution is 7.71. The molecular formula is C17H13N5S. The zero-order valence-electron chi connectivity index (χ0n) is 12.1. The van der Waals surface area contributed by atoms with Crippen molar-refractivity contribution in [2.24, 2.45) is 0 Å². The van der Waals surface area contributed by atoms with Gasteiger partial charge in [0.05, 0.1) is 5.69 Å². The molecule has 0 atom stereocenters. The Hall–Kier alpha value is -3.17. The summed E-state index contributed by atoms with van der Waals surface area (Å²) in [6.07, 6.45) is 0. The summed E-state index contributed by atoms with van der Waals surface area (Å²) >= 11 is 5.24. The maximum absolute atomic E-state index is 9.31. The lowest BCUT2D eigenvalue weighted by atomic mass is 10.2. The quantitative estimate of drug-likeness (QED) is 0.498. The molecule has 1 heterocycles. The maximum Gasteiger partial charge on any atom is 0.150 e. The van der Waals surface area contributed by atoms with Crippen LogP contribution < -0.4 is 10.9 Å². The fourth-order valence-electron chi connectivity index (χ4n) is 2.06. The minimum atomic E-state index is 0.252. The predicted molar refractivity (Wildman–Crippen MR) is 93.3 cm³/mol. The Balaban J connectivity index is 1.96. The predicted octanol–water partition coefficient (Wildman–Crippen LogP) is 4.12. The molecule has 0 radical (unpaired) electrons. The average molecular weight is 319 g/mol. The van der Waals surface area contributed by atoms with Gasteiger partial charge in [-0.3, -0.25) is 10.9 Å². The second-order valence-electron chi connectivity index (χ2n) is 4.73. The van der Waals surface area contributed by atoms with Crippen LogP contribution in [0.15, 0.2) is 60.7 Å². The summed E-state index contributed by atoms with van der Waals surface area (Å²) in [6, 6.07) is 21.3. The lowest BCUT2D eigenvalue weighted by Crippen LogP contribution is -2.12. The fraction of sp³-hybridized carbons (Fsp3) is 0. The van der Waals surface area contributed by atoms with Crippen molar-refractivity contribution < 1.29 is 0 Å². The van der Waals surface area contributed by atoms with Crippen LogP contribution in [0.5, 0.6) is 0 Å². The van der Waals surface area contributed by atoms with Crippen LogP contribution in [0.4, 0.5) is 11.5 Å². The van der Waals surface area contributed by atoms with E-state index in [0.717, 1.165) is 11.3 Å². The number of aromatic amines is 1. The Morgan fingerprint density at radius 1 is 0.957 bits per heavy atom. The van der Waals surface area contributed by atoms with E-state index in [2.05, 4.69) is 26.9 Å². The van der Waals surface area contributed by atoms with Gasteiger partial charge in [-0.2, -0.15) is 5.26 Å². The summed E-state index contributed by atoms with van der Waals surface area (Å²) in [7, 11) is 0. The molecule has 0 saturated carbocycles. The van der Waals surface area contributed by atoms with Crippen LogP contribution in [0, 0.1) is 16.0 Å². The van der Waals surface area contributed by atoms with Gasteiger partial charge in [0.15, 0.2) is 0 Å². The van der Waals surface area contributed by atoms with Gasteiger partial charge in [0, 0.05) is 5.56 Å². The third-order valence-electron chi connectivity index (χ3n) is 3.19. The lowest BCUT2D eigenvalue weighted by Gasteiger charge is -2.12. The number of nitrogens with one attached hydrogen (secondary N) is 3. The highest BCUT2D eigenvalue weighted by Gasteiger charge is 2.09. The summed E-state index contributed by atoms with van der Waals surface area (Å²) < 4.78 is 0.252. The van der Waals surface area contributed by atoms with Gasteiger partial charge in [0.2, 0.25) is 0 Å². The number of nitrogens with zero attached hydrogens (tertiary/aromatic N) is 2. The van der Waals surface area contributed by atoms with Gasteiger partial charge in [-0.25, -0.2) is 4.98 Å². The average Bonchev–Trinajstić information content (AvgIpc) is 2.61. The summed E-state index contributed by atoms with van der Waals surface area (Å²) in [5.41, 5.74) is 8.09. The van der Waals surface area contributed by atoms with E-state index in [1.807, 2.05) is 60.7 Å². The third kappa shape index (κ3) is 3.36. The monoisotopic (exact) mass is 319 g/mol. The molecule has 0 unspecified atom stereocenters. The van der Waals surface area contributed by atoms with Crippen LogP contribution >= 0.6 is 12.2 Å². The first-order chi connectivity index (χ1) is 11.3. The molecule has 0 amide bonds. The molecule has 0 spiro atoms. The Bertz CT molecular complexity index is 898. The van der Waals surface area contributed by atoms with Crippen molar-refractivity contribution >= 4 is 23.7 Å². The van der Waals surface area contributed by atoms with Gasteiger partial charge >= 0.3 is 0 Å². The molecule has 0 fully saturated rings. The van der Waals surface area contributed by atoms with Crippen molar-refractivity contribution in [3.8, 4) is 17.5 Å². The molecule has 5 nitrogen and oxygen atoms in total. The van der Waals surface area contributed by atoms with Crippen LogP contribution in [0.3, 0.4) is 0 Å². The van der Waals surface area contributed by atoms with E-state index in [4.69, 9.17) is 12.2 Å². The highest BCUT2D eigenvalue weighted by atomic mass is 32.1. The Kier molecular flexibility index (Phi) is 4.32. The summed E-state index contributed by atoms with van der Waals surface area (Å²) in [4.78, 5) is 7.42. The molecule has 3 aromatic rings. The number of hydrogen-bond acceptors (Lipinski definition) is 5. The summed E-state index contributed by atoms with van der Waals surface area (Å²) in [5.74, 6) is 1.09. The third-order valence-corrected chi connectivity index (χ3v) is 3.48. The van der Waals surface area contributed by atoms with E-state index in [1.54, 1.807) is 0 Å². The summed E-state index contributed by atoms with van der Waals surface area (Å²) in [6.45, 7) is 0. The number of para-hydroxylation sites is 1. The van der Waals surface area contributed by atoms with Gasteiger partial charge in [-0.05, 0) is 12.1 Å². The molecule has 2 aromatic carbocycles. The van der Waals surface area contributed by atoms with Gasteiger partial charge in [0.25, 0.3) is 0 Å². The standard InChI is InChI=1S/C17H13N5S/c18-11-14-16(22-21-13-9-5-2-6-10-13)19-15(20-17(14)23)12-7-3-1-4-8-12/h1-10,21H,(H2,19,20,22,23). The Labute approximate surface area is 138 Å². The molecule has 0 aliphatic heterocycles. The Morgan fingerprint density at radius 2 is 1.61 bits per heavy atom. The minimum Gasteiger partial charge on any atom is -0.324 e. The number of anilines is 2. The zero-order valence-corrected chi connectivity index (χ0v) is 12.9. The minimum absolute atomic E-state index is 0.252. The smallest absolute Gasteiger partial charge is 0.150 e. The number of hydrazine groups is 1. The number of H-pyrrole nitrogens is 1. The first-order valence-corrected chi connectivity index (χ1v) is 7.35. The lowest BCUT2D eigenvalue weighted by molar-refractivity contribution is 1.13. The molecule has 3 rings (SSSR count). The summed E-state index contributed by atoms with van der Waals surface area (Å²) in [5, 5.41) is 9.31. The second kappa shape index (κ2) is 6.73. The van der Waals surface area contributed by atoms with Crippen molar-refractivity contribution in [2.75, 3.05) is 10.9 Å². The number of aromatic nitrogens is 2. The molecule has 23 heavy (non-hydrogen) atoms. The van der Waals surface area contributed by atoms with Crippen LogP contribution in [0.1, 0.15) is 5.56 Å². The number of hydrogen-bond donors (Lipinski definition) is 3. The van der Waals surface area contributed by atoms with Gasteiger partial charge in [-0.15, -0.1) is 0 Å². The normalized spacial score (nSPS) is 9.87. The molecule has 0 saturated heterocycles. The van der Waals surface area contributed by atoms with Crippen molar-refractivity contribution in [2.45, 2.75) is 0 Å². The molecule has 0 aliphatic carbocycles. The van der Waals surface area contributed by atoms with E-state index >= 15 is 0 Å². The number of benzene rings is 2. The van der Waals surface area contributed by atoms with E-state index in [9.17, 15) is 5.26 Å². The zero-order chi connectivity index (χ0) is 16.1. The fourth-order valence-corrected chi connectivity index (χ4v) is 2.30. The van der Waals surface area contributed by atoms with E-state index in [-0.39, 0.29) is 4.64 Å². The molecular weight excluding hydrogens is 306 g/mol. The van der Waals surface area contributed by atoms with Crippen molar-refractivity contribution in [1.82, 2.24) is 9.97 Å². The maximum atomic E-state index is 9.31. The molecule has 6 heteroatoms. The van der Waals surface area contributed by atoms with Crippen LogP contribution in [0.2, 0.25) is 0 Å². The molecule has 112 valence electrons. The topological polar surface area (TPSA) is 76.5 Å². The largest absolute Gasteiger partial charge is 0.324 e. The molecule has 0 aliphatic rings. The SMILES string of the molecule is N#Cc1c(NNc2ccccc2)[nH]c(-c2ccccc2)nc1=S. The van der Waals surface area contributed by atoms with E-state index < -0.39 is 0 Å². The van der Waals surface area contributed by atoms with Crippen molar-refractivity contribution in [3.05, 3.63) is 70.9 Å². The van der Waals surface area contributed by atoms with Crippen LogP contribution in [-0.2, 0) is 0 Å². The number of rotatable bonds is 4. The number of nitriles is 1. The van der Waals surface area contributed by atoms with Gasteiger partial charge < -0.3 is 4.98 Å². The van der Waals surface area contributed by atoms with E-state index in [0.29, 0.717) is 17.2 Å². The van der Waals surface area contributed by atoms with E-state index in [1.165, 1.54) is 0 Å². The second-order valence-corrected chi connectivity index (χ2v) is 5.12. The Morgan fingerprint density at radius 3 is 2.26 bits per heavy atom. The van der Waals surface area contributed by atoms with Crippen molar-refractivity contribution in [1.29, 1.82) is 5.26 Å². The van der Waals surface area contributed by atoms with Crippen LogP contribution in [0.25, 0.3) is 11.4 Å². The molecule has 1 aromatic heterocycles. The van der Waals surface area contributed by atoms with Gasteiger partial charge in [0.1, 0.15) is 27.9 Å². The first-order valence-electron chi connectivity index (χ1n) is 6.95. The highest BCUT2D eigenvalue weighted by Crippen LogP contribution is 2.20. The van der Waals surface area contributed by atoms with Crippen LogP contribution in [-0.4, -0.2) is 9.97 Å².